The van der Waals surface area contributed by atoms with Gasteiger partial charge < -0.3 is 20.2 Å². The molecule has 2 aromatic rings. The van der Waals surface area contributed by atoms with Crippen LogP contribution in [-0.4, -0.2) is 23.5 Å². The first-order valence-corrected chi connectivity index (χ1v) is 6.61. The summed E-state index contributed by atoms with van der Waals surface area (Å²) in [4.78, 5) is 23.3. The lowest BCUT2D eigenvalue weighted by Crippen LogP contribution is -2.37. The molecule has 6 nitrogen and oxygen atoms in total. The number of hydrogen-bond acceptors (Lipinski definition) is 4. The number of carbonyl (C=O) groups is 2. The molecule has 116 valence electrons. The quantitative estimate of drug-likeness (QED) is 0.748. The second-order valence-electron chi connectivity index (χ2n) is 4.32. The number of carbonyl (C=O) groups excluding carboxylic acids is 2. The van der Waals surface area contributed by atoms with E-state index in [-0.39, 0.29) is 23.0 Å². The third-order valence-corrected chi connectivity index (χ3v) is 3.03. The first-order valence-electron chi connectivity index (χ1n) is 6.23. The van der Waals surface area contributed by atoms with Crippen LogP contribution < -0.4 is 10.6 Å². The molecule has 1 aromatic heterocycles. The van der Waals surface area contributed by atoms with Gasteiger partial charge in [-0.2, -0.15) is 0 Å². The minimum absolute atomic E-state index is 0.0308. The van der Waals surface area contributed by atoms with Crippen molar-refractivity contribution in [3.63, 3.8) is 0 Å². The molecule has 0 aliphatic carbocycles. The number of rotatable bonds is 4. The zero-order valence-corrected chi connectivity index (χ0v) is 11.9. The van der Waals surface area contributed by atoms with Crippen molar-refractivity contribution < 1.29 is 23.5 Å². The molecule has 0 aliphatic heterocycles. The van der Waals surface area contributed by atoms with Gasteiger partial charge in [0.05, 0.1) is 23.5 Å². The van der Waals surface area contributed by atoms with Crippen molar-refractivity contribution in [2.24, 2.45) is 0 Å². The van der Waals surface area contributed by atoms with Gasteiger partial charge in [-0.1, -0.05) is 11.6 Å². The summed E-state index contributed by atoms with van der Waals surface area (Å²) in [6.45, 7) is -0.198. The smallest absolute Gasteiger partial charge is 0.313 e. The summed E-state index contributed by atoms with van der Waals surface area (Å²) in [5.74, 6) is -2.25. The average Bonchev–Trinajstić information content (AvgIpc) is 3.01. The van der Waals surface area contributed by atoms with Crippen molar-refractivity contribution in [1.29, 1.82) is 0 Å². The third-order valence-electron chi connectivity index (χ3n) is 2.71. The van der Waals surface area contributed by atoms with E-state index in [2.05, 4.69) is 10.6 Å². The van der Waals surface area contributed by atoms with Crippen LogP contribution in [0.25, 0.3) is 0 Å². The SMILES string of the molecule is O=C(NCC(O)c1ccco1)C(=O)Nc1ccc(F)cc1Cl. The normalized spacial score (nSPS) is 11.8. The number of benzene rings is 1. The van der Waals surface area contributed by atoms with E-state index in [0.29, 0.717) is 0 Å². The number of furan rings is 1. The van der Waals surface area contributed by atoms with E-state index >= 15 is 0 Å². The number of amides is 2. The lowest BCUT2D eigenvalue weighted by atomic mass is 10.2. The highest BCUT2D eigenvalue weighted by molar-refractivity contribution is 6.41. The summed E-state index contributed by atoms with van der Waals surface area (Å²) in [6.07, 6.45) is 0.310. The maximum atomic E-state index is 12.9. The monoisotopic (exact) mass is 326 g/mol. The van der Waals surface area contributed by atoms with E-state index in [1.807, 2.05) is 0 Å². The Bertz CT molecular complexity index is 675. The average molecular weight is 327 g/mol. The van der Waals surface area contributed by atoms with Crippen molar-refractivity contribution in [2.45, 2.75) is 6.10 Å². The van der Waals surface area contributed by atoms with E-state index in [0.717, 1.165) is 12.1 Å². The van der Waals surface area contributed by atoms with Crippen molar-refractivity contribution in [3.05, 3.63) is 53.2 Å². The summed E-state index contributed by atoms with van der Waals surface area (Å²) in [5.41, 5.74) is 0.106. The van der Waals surface area contributed by atoms with Crippen LogP contribution in [0, 0.1) is 5.82 Å². The van der Waals surface area contributed by atoms with Gasteiger partial charge in [-0.15, -0.1) is 0 Å². The number of aliphatic hydroxyl groups excluding tert-OH is 1. The van der Waals surface area contributed by atoms with Crippen LogP contribution in [0.2, 0.25) is 5.02 Å². The van der Waals surface area contributed by atoms with E-state index in [4.69, 9.17) is 16.0 Å². The number of anilines is 1. The predicted octanol–water partition coefficient (Wildman–Crippen LogP) is 1.86. The molecule has 22 heavy (non-hydrogen) atoms. The molecule has 1 aromatic carbocycles. The van der Waals surface area contributed by atoms with Crippen molar-refractivity contribution in [3.8, 4) is 0 Å². The molecule has 1 heterocycles. The fourth-order valence-corrected chi connectivity index (χ4v) is 1.84. The molecule has 0 bridgehead atoms. The van der Waals surface area contributed by atoms with Gasteiger partial charge in [-0.3, -0.25) is 9.59 Å². The Labute approximate surface area is 129 Å². The number of nitrogens with one attached hydrogen (secondary N) is 2. The molecule has 0 spiro atoms. The van der Waals surface area contributed by atoms with Gasteiger partial charge in [0.2, 0.25) is 0 Å². The fourth-order valence-electron chi connectivity index (χ4n) is 1.62. The van der Waals surface area contributed by atoms with Crippen LogP contribution >= 0.6 is 11.6 Å². The van der Waals surface area contributed by atoms with Crippen LogP contribution in [-0.2, 0) is 9.59 Å². The Hall–Kier alpha value is -2.38. The molecule has 0 aliphatic rings. The number of aliphatic hydroxyl groups is 1. The largest absolute Gasteiger partial charge is 0.467 e. The first-order chi connectivity index (χ1) is 10.5. The molecule has 1 unspecified atom stereocenters. The second kappa shape index (κ2) is 7.06. The molecular formula is C14H12ClFN2O4. The Kier molecular flexibility index (Phi) is 5.13. The Morgan fingerprint density at radius 3 is 2.73 bits per heavy atom. The van der Waals surface area contributed by atoms with Crippen LogP contribution in [0.3, 0.4) is 0 Å². The fraction of sp³-hybridized carbons (Fsp3) is 0.143. The summed E-state index contributed by atoms with van der Waals surface area (Å²) in [6, 6.07) is 6.47. The Balaban J connectivity index is 1.88. The van der Waals surface area contributed by atoms with Gasteiger partial charge >= 0.3 is 11.8 Å². The molecule has 1 atom stereocenters. The minimum Gasteiger partial charge on any atom is -0.467 e. The molecule has 0 saturated heterocycles. The lowest BCUT2D eigenvalue weighted by molar-refractivity contribution is -0.136. The molecule has 0 radical (unpaired) electrons. The number of halogens is 2. The van der Waals surface area contributed by atoms with Gasteiger partial charge in [-0.05, 0) is 30.3 Å². The summed E-state index contributed by atoms with van der Waals surface area (Å²) < 4.78 is 17.8. The van der Waals surface area contributed by atoms with E-state index in [1.54, 1.807) is 6.07 Å². The lowest BCUT2D eigenvalue weighted by Gasteiger charge is -2.10. The topological polar surface area (TPSA) is 91.6 Å². The molecular weight excluding hydrogens is 315 g/mol. The van der Waals surface area contributed by atoms with E-state index in [1.165, 1.54) is 18.4 Å². The predicted molar refractivity (Wildman–Crippen MR) is 76.7 cm³/mol. The molecule has 0 fully saturated rings. The molecule has 2 amide bonds. The van der Waals surface area contributed by atoms with Crippen molar-refractivity contribution in [2.75, 3.05) is 11.9 Å². The second-order valence-corrected chi connectivity index (χ2v) is 4.73. The zero-order chi connectivity index (χ0) is 16.1. The van der Waals surface area contributed by atoms with Crippen LogP contribution in [0.5, 0.6) is 0 Å². The van der Waals surface area contributed by atoms with Gasteiger partial charge in [0.25, 0.3) is 0 Å². The number of hydrogen-bond donors (Lipinski definition) is 3. The standard InChI is InChI=1S/C14H12ClFN2O4/c15-9-6-8(16)3-4-10(9)18-14(21)13(20)17-7-11(19)12-2-1-5-22-12/h1-6,11,19H,7H2,(H,17,20)(H,18,21). The van der Waals surface area contributed by atoms with Gasteiger partial charge in [0, 0.05) is 0 Å². The summed E-state index contributed by atoms with van der Waals surface area (Å²) in [7, 11) is 0. The highest BCUT2D eigenvalue weighted by Crippen LogP contribution is 2.22. The Morgan fingerprint density at radius 2 is 2.09 bits per heavy atom. The summed E-state index contributed by atoms with van der Waals surface area (Å²) in [5, 5.41) is 14.2. The van der Waals surface area contributed by atoms with Crippen LogP contribution in [0.1, 0.15) is 11.9 Å². The van der Waals surface area contributed by atoms with Gasteiger partial charge in [0.15, 0.2) is 0 Å². The maximum absolute atomic E-state index is 12.9. The molecule has 2 rings (SSSR count). The van der Waals surface area contributed by atoms with Crippen LogP contribution in [0.15, 0.2) is 41.0 Å². The molecule has 8 heteroatoms. The van der Waals surface area contributed by atoms with Crippen molar-refractivity contribution in [1.82, 2.24) is 5.32 Å². The molecule has 3 N–H and O–H groups in total. The maximum Gasteiger partial charge on any atom is 0.313 e. The van der Waals surface area contributed by atoms with Gasteiger partial charge in [-0.25, -0.2) is 4.39 Å². The van der Waals surface area contributed by atoms with Gasteiger partial charge in [0.1, 0.15) is 17.7 Å². The molecule has 0 saturated carbocycles. The summed E-state index contributed by atoms with van der Waals surface area (Å²) >= 11 is 5.73. The first kappa shape index (κ1) is 16.0. The van der Waals surface area contributed by atoms with Crippen LogP contribution in [0.4, 0.5) is 10.1 Å². The zero-order valence-electron chi connectivity index (χ0n) is 11.2. The highest BCUT2D eigenvalue weighted by atomic mass is 35.5. The van der Waals surface area contributed by atoms with E-state index in [9.17, 15) is 19.1 Å². The third kappa shape index (κ3) is 4.06. The van der Waals surface area contributed by atoms with Crippen molar-refractivity contribution >= 4 is 29.1 Å². The minimum atomic E-state index is -1.07. The highest BCUT2D eigenvalue weighted by Gasteiger charge is 2.18. The Morgan fingerprint density at radius 1 is 1.32 bits per heavy atom. The van der Waals surface area contributed by atoms with E-state index < -0.39 is 23.7 Å².